The highest BCUT2D eigenvalue weighted by atomic mass is 16.6. The Kier molecular flexibility index (Phi) is 41.6. The lowest BCUT2D eigenvalue weighted by Crippen LogP contribution is -2.50. The Labute approximate surface area is 291 Å². The molecule has 46 heavy (non-hydrogen) atoms. The Morgan fingerprint density at radius 1 is 0.304 bits per heavy atom. The van der Waals surface area contributed by atoms with E-state index in [0.717, 1.165) is 0 Å². The van der Waals surface area contributed by atoms with Crippen LogP contribution in [0.2, 0.25) is 0 Å². The van der Waals surface area contributed by atoms with Crippen LogP contribution in [0.15, 0.2) is 0 Å². The molecular weight excluding hydrogens is 568 g/mol. The lowest BCUT2D eigenvalue weighted by atomic mass is 10.1. The summed E-state index contributed by atoms with van der Waals surface area (Å²) in [6.07, 6.45) is 31.5. The van der Waals surface area contributed by atoms with Gasteiger partial charge in [-0.25, -0.2) is 0 Å². The fraction of sp³-hybridized carbons (Fsp3) is 0.976. The van der Waals surface area contributed by atoms with Crippen molar-refractivity contribution >= 4 is 6.16 Å². The standard InChI is InChI=1S/2C20H44N.CH2O3/c2*1-5-9-13-17-21(18-14-10-6-2,19-15-11-7-3)20-16-12-8-4;2-1(3)4/h2*5-20H2,1-4H3;(H2,2,3,4)/q2*+1;/p-2. The van der Waals surface area contributed by atoms with Gasteiger partial charge in [0.15, 0.2) is 0 Å². The summed E-state index contributed by atoms with van der Waals surface area (Å²) in [6, 6.07) is 0. The molecule has 5 nitrogen and oxygen atoms in total. The van der Waals surface area contributed by atoms with Gasteiger partial charge < -0.3 is 24.0 Å². The van der Waals surface area contributed by atoms with Gasteiger partial charge in [-0.15, -0.1) is 0 Å². The van der Waals surface area contributed by atoms with Gasteiger partial charge in [-0.1, -0.05) is 107 Å². The second-order valence-electron chi connectivity index (χ2n) is 14.4. The van der Waals surface area contributed by atoms with E-state index in [9.17, 15) is 0 Å². The van der Waals surface area contributed by atoms with Crippen molar-refractivity contribution < 1.29 is 24.0 Å². The average molecular weight is 657 g/mol. The van der Waals surface area contributed by atoms with E-state index in [1.54, 1.807) is 0 Å². The first kappa shape index (κ1) is 49.6. The van der Waals surface area contributed by atoms with E-state index in [0.29, 0.717) is 0 Å². The molecular formula is C41H88N2O3. The molecule has 0 radical (unpaired) electrons. The molecule has 0 unspecified atom stereocenters. The molecule has 0 spiro atoms. The highest BCUT2D eigenvalue weighted by Crippen LogP contribution is 2.20. The number of unbranched alkanes of at least 4 members (excludes halogenated alkanes) is 16. The number of carboxylic acid groups (broad SMARTS) is 2. The van der Waals surface area contributed by atoms with Crippen molar-refractivity contribution in [3.63, 3.8) is 0 Å². The van der Waals surface area contributed by atoms with Crippen LogP contribution >= 0.6 is 0 Å². The molecule has 0 atom stereocenters. The molecule has 0 saturated heterocycles. The summed E-state index contributed by atoms with van der Waals surface area (Å²) in [5.74, 6) is 0. The summed E-state index contributed by atoms with van der Waals surface area (Å²) < 4.78 is 2.89. The van der Waals surface area contributed by atoms with Gasteiger partial charge in [-0.3, -0.25) is 0 Å². The number of hydrogen-bond acceptors (Lipinski definition) is 3. The second-order valence-corrected chi connectivity index (χ2v) is 14.4. The molecule has 0 aliphatic carbocycles. The maximum atomic E-state index is 8.33. The van der Waals surface area contributed by atoms with Crippen LogP contribution in [0.5, 0.6) is 0 Å². The number of hydrogen-bond donors (Lipinski definition) is 0. The molecule has 0 aromatic rings. The van der Waals surface area contributed by atoms with E-state index in [1.807, 2.05) is 0 Å². The van der Waals surface area contributed by atoms with Gasteiger partial charge in [0.1, 0.15) is 0 Å². The van der Waals surface area contributed by atoms with Gasteiger partial charge in [0.2, 0.25) is 0 Å². The van der Waals surface area contributed by atoms with Gasteiger partial charge in [-0.2, -0.15) is 0 Å². The third kappa shape index (κ3) is 34.5. The van der Waals surface area contributed by atoms with E-state index in [1.165, 1.54) is 215 Å². The minimum Gasteiger partial charge on any atom is -0.652 e. The van der Waals surface area contributed by atoms with Crippen LogP contribution < -0.4 is 10.2 Å². The molecule has 280 valence electrons. The minimum absolute atomic E-state index is 1.36. The number of rotatable bonds is 32. The Bertz CT molecular complexity index is 445. The molecule has 0 fully saturated rings. The van der Waals surface area contributed by atoms with Gasteiger partial charge >= 0.3 is 0 Å². The summed E-state index contributed by atoms with van der Waals surface area (Å²) in [7, 11) is 0. The lowest BCUT2D eigenvalue weighted by molar-refractivity contribution is -0.929. The van der Waals surface area contributed by atoms with E-state index < -0.39 is 6.16 Å². The number of nitrogens with zero attached hydrogens (tertiary/aromatic N) is 2. The Hall–Kier alpha value is -0.810. The smallest absolute Gasteiger partial charge is 0.0786 e. The first-order chi connectivity index (χ1) is 22.2. The van der Waals surface area contributed by atoms with Gasteiger partial charge in [-0.05, 0) is 109 Å². The Morgan fingerprint density at radius 2 is 0.413 bits per heavy atom. The monoisotopic (exact) mass is 657 g/mol. The van der Waals surface area contributed by atoms with Crippen LogP contribution in [-0.2, 0) is 0 Å². The van der Waals surface area contributed by atoms with Crippen LogP contribution in [0.1, 0.15) is 209 Å². The SMILES string of the molecule is CCCCC[N+](CCCCC)(CCCCC)CCCCC.CCCCC[N+](CCCCC)(CCCCC)CCCCC.O=C([O-])[O-]. The van der Waals surface area contributed by atoms with E-state index in [2.05, 4.69) is 55.4 Å². The molecule has 0 amide bonds. The van der Waals surface area contributed by atoms with E-state index >= 15 is 0 Å². The highest BCUT2D eigenvalue weighted by molar-refractivity contribution is 5.47. The van der Waals surface area contributed by atoms with Crippen LogP contribution in [-0.4, -0.2) is 67.5 Å². The number of carbonyl (C=O) groups excluding carboxylic acids is 1. The van der Waals surface area contributed by atoms with Crippen molar-refractivity contribution in [2.75, 3.05) is 52.4 Å². The predicted octanol–water partition coefficient (Wildman–Crippen LogP) is 10.7. The van der Waals surface area contributed by atoms with Gasteiger partial charge in [0.05, 0.1) is 52.4 Å². The van der Waals surface area contributed by atoms with E-state index in [-0.39, 0.29) is 0 Å². The van der Waals surface area contributed by atoms with E-state index in [4.69, 9.17) is 15.0 Å². The third-order valence-corrected chi connectivity index (χ3v) is 9.89. The van der Waals surface area contributed by atoms with Crippen molar-refractivity contribution in [1.82, 2.24) is 0 Å². The fourth-order valence-electron chi connectivity index (χ4n) is 6.92. The number of carbonyl (C=O) groups is 1. The topological polar surface area (TPSA) is 63.2 Å². The van der Waals surface area contributed by atoms with Crippen LogP contribution in [0.25, 0.3) is 0 Å². The summed E-state index contributed by atoms with van der Waals surface area (Å²) in [5, 5.41) is 16.7. The van der Waals surface area contributed by atoms with Crippen molar-refractivity contribution in [2.45, 2.75) is 209 Å². The zero-order valence-corrected chi connectivity index (χ0v) is 33.2. The summed E-state index contributed by atoms with van der Waals surface area (Å²) in [6.45, 7) is 30.3. The number of quaternary nitrogens is 2. The summed E-state index contributed by atoms with van der Waals surface area (Å²) in [5.41, 5.74) is 0. The fourth-order valence-corrected chi connectivity index (χ4v) is 6.92. The predicted molar refractivity (Wildman–Crippen MR) is 201 cm³/mol. The third-order valence-electron chi connectivity index (χ3n) is 9.89. The molecule has 0 aromatic heterocycles. The first-order valence-electron chi connectivity index (χ1n) is 20.8. The molecule has 0 N–H and O–H groups in total. The Balaban J connectivity index is -0.000000719. The average Bonchev–Trinajstić information content (AvgIpc) is 3.02. The van der Waals surface area contributed by atoms with Crippen molar-refractivity contribution in [3.05, 3.63) is 0 Å². The van der Waals surface area contributed by atoms with Crippen LogP contribution in [0, 0.1) is 0 Å². The second kappa shape index (κ2) is 38.6. The maximum absolute atomic E-state index is 8.33. The summed E-state index contributed by atoms with van der Waals surface area (Å²) >= 11 is 0. The largest absolute Gasteiger partial charge is 0.652 e. The van der Waals surface area contributed by atoms with Crippen LogP contribution in [0.3, 0.4) is 0 Å². The van der Waals surface area contributed by atoms with Gasteiger partial charge in [0, 0.05) is 0 Å². The van der Waals surface area contributed by atoms with Crippen LogP contribution in [0.4, 0.5) is 4.79 Å². The Morgan fingerprint density at radius 3 is 0.500 bits per heavy atom. The molecule has 0 rings (SSSR count). The highest BCUT2D eigenvalue weighted by Gasteiger charge is 2.26. The molecule has 0 bridgehead atoms. The zero-order chi connectivity index (χ0) is 35.2. The normalized spacial score (nSPS) is 11.5. The molecule has 0 heterocycles. The molecule has 0 aliphatic rings. The summed E-state index contributed by atoms with van der Waals surface area (Å²) in [4.78, 5) is 8.33. The maximum Gasteiger partial charge on any atom is 0.0786 e. The van der Waals surface area contributed by atoms with Crippen molar-refractivity contribution in [3.8, 4) is 0 Å². The first-order valence-corrected chi connectivity index (χ1v) is 20.8. The van der Waals surface area contributed by atoms with Crippen molar-refractivity contribution in [2.24, 2.45) is 0 Å². The molecule has 0 aliphatic heterocycles. The van der Waals surface area contributed by atoms with Crippen molar-refractivity contribution in [1.29, 1.82) is 0 Å². The minimum atomic E-state index is -2.33. The molecule has 0 aromatic carbocycles. The molecule has 5 heteroatoms. The zero-order valence-electron chi connectivity index (χ0n) is 33.2. The lowest BCUT2D eigenvalue weighted by Gasteiger charge is -2.39. The molecule has 0 saturated carbocycles. The quantitative estimate of drug-likeness (QED) is 0.0534. The van der Waals surface area contributed by atoms with Gasteiger partial charge in [0.25, 0.3) is 0 Å².